The summed E-state index contributed by atoms with van der Waals surface area (Å²) < 4.78 is 31.6. The van der Waals surface area contributed by atoms with Gasteiger partial charge in [0.1, 0.15) is 0 Å². The van der Waals surface area contributed by atoms with Crippen molar-refractivity contribution < 1.29 is 17.5 Å². The van der Waals surface area contributed by atoms with E-state index in [9.17, 15) is 0 Å². The summed E-state index contributed by atoms with van der Waals surface area (Å²) in [6.45, 7) is 10.6. The summed E-state index contributed by atoms with van der Waals surface area (Å²) >= 11 is 0. The Balaban J connectivity index is -0.000000172. The Kier molecular flexibility index (Phi) is 36.7. The van der Waals surface area contributed by atoms with Gasteiger partial charge in [0.25, 0.3) is 0 Å². The van der Waals surface area contributed by atoms with Crippen LogP contribution in [0.15, 0.2) is 13.2 Å². The molecule has 0 amide bonds. The molecule has 0 aromatic rings. The van der Waals surface area contributed by atoms with E-state index in [1.54, 1.807) is 0 Å². The molecule has 0 aliphatic heterocycles. The molecular formula is C16H37NaO4S. The first kappa shape index (κ1) is 30.5. The Hall–Kier alpha value is 0.610. The van der Waals surface area contributed by atoms with E-state index in [-0.39, 0.29) is 29.6 Å². The topological polar surface area (TPSA) is 74.6 Å². The summed E-state index contributed by atoms with van der Waals surface area (Å²) in [5.41, 5.74) is 0. The molecule has 0 atom stereocenters. The average Bonchev–Trinajstić information content (AvgIpc) is 2.41. The second-order valence-electron chi connectivity index (χ2n) is 4.98. The average molecular weight is 349 g/mol. The first-order valence-corrected chi connectivity index (χ1v) is 9.51. The maximum atomic E-state index is 8.74. The van der Waals surface area contributed by atoms with Gasteiger partial charge < -0.3 is 0 Å². The molecule has 0 rings (SSSR count). The molecule has 0 saturated carbocycles. The van der Waals surface area contributed by atoms with Crippen molar-refractivity contribution in [1.29, 1.82) is 0 Å². The van der Waals surface area contributed by atoms with Crippen LogP contribution in [0.4, 0.5) is 0 Å². The molecule has 0 radical (unpaired) electrons. The van der Waals surface area contributed by atoms with Gasteiger partial charge in [0.15, 0.2) is 0 Å². The fraction of sp³-hybridized carbons (Fsp3) is 0.875. The first-order valence-electron chi connectivity index (χ1n) is 8.11. The van der Waals surface area contributed by atoms with Crippen LogP contribution in [0.2, 0.25) is 0 Å². The minimum absolute atomic E-state index is 0. The van der Waals surface area contributed by atoms with Crippen molar-refractivity contribution in [2.24, 2.45) is 0 Å². The molecule has 0 fully saturated rings. The summed E-state index contributed by atoms with van der Waals surface area (Å²) in [5, 5.41) is 0. The van der Waals surface area contributed by atoms with Crippen LogP contribution in [0.25, 0.3) is 0 Å². The summed E-state index contributed by atoms with van der Waals surface area (Å²) in [5.74, 6) is 0. The van der Waals surface area contributed by atoms with Gasteiger partial charge in [-0.3, -0.25) is 9.11 Å². The van der Waals surface area contributed by atoms with Crippen molar-refractivity contribution >= 4 is 40.0 Å². The molecule has 0 spiro atoms. The minimum atomic E-state index is -4.67. The summed E-state index contributed by atoms with van der Waals surface area (Å²) in [4.78, 5) is 0. The van der Waals surface area contributed by atoms with Gasteiger partial charge in [-0.1, -0.05) is 90.9 Å². The molecule has 6 heteroatoms. The summed E-state index contributed by atoms with van der Waals surface area (Å²) in [6, 6.07) is 0. The van der Waals surface area contributed by atoms with E-state index in [2.05, 4.69) is 27.0 Å². The molecule has 0 unspecified atom stereocenters. The predicted molar refractivity (Wildman–Crippen MR) is 99.3 cm³/mol. The number of rotatable bonds is 11. The van der Waals surface area contributed by atoms with Crippen molar-refractivity contribution in [3.63, 3.8) is 0 Å². The summed E-state index contributed by atoms with van der Waals surface area (Å²) in [6.07, 6.45) is 17.4. The van der Waals surface area contributed by atoms with E-state index in [4.69, 9.17) is 17.5 Å². The Morgan fingerprint density at radius 1 is 0.636 bits per heavy atom. The fourth-order valence-corrected chi connectivity index (χ4v) is 1.91. The Morgan fingerprint density at radius 3 is 0.909 bits per heavy atom. The van der Waals surface area contributed by atoms with Crippen LogP contribution in [0.3, 0.4) is 0 Å². The molecule has 4 nitrogen and oxygen atoms in total. The molecule has 0 heterocycles. The van der Waals surface area contributed by atoms with E-state index in [0.29, 0.717) is 0 Å². The van der Waals surface area contributed by atoms with Crippen LogP contribution in [-0.4, -0.2) is 47.1 Å². The van der Waals surface area contributed by atoms with Gasteiger partial charge in [-0.25, -0.2) is 0 Å². The molecule has 2 N–H and O–H groups in total. The van der Waals surface area contributed by atoms with Crippen LogP contribution in [0.5, 0.6) is 0 Å². The van der Waals surface area contributed by atoms with Crippen LogP contribution >= 0.6 is 0 Å². The quantitative estimate of drug-likeness (QED) is 0.233. The van der Waals surface area contributed by atoms with Crippen molar-refractivity contribution in [2.75, 3.05) is 0 Å². The zero-order chi connectivity index (χ0) is 17.0. The van der Waals surface area contributed by atoms with Gasteiger partial charge in [0.05, 0.1) is 0 Å². The van der Waals surface area contributed by atoms with Crippen LogP contribution in [-0.2, 0) is 10.4 Å². The van der Waals surface area contributed by atoms with E-state index in [1.807, 2.05) is 0 Å². The Labute approximate surface area is 161 Å². The van der Waals surface area contributed by atoms with E-state index in [1.165, 1.54) is 77.0 Å². The van der Waals surface area contributed by atoms with Crippen molar-refractivity contribution in [3.05, 3.63) is 13.2 Å². The maximum absolute atomic E-state index is 8.74. The second kappa shape index (κ2) is 26.5. The molecule has 132 valence electrons. The molecule has 22 heavy (non-hydrogen) atoms. The molecule has 0 aliphatic rings. The molecular weight excluding hydrogens is 311 g/mol. The first-order chi connectivity index (χ1) is 9.91. The van der Waals surface area contributed by atoms with Crippen molar-refractivity contribution in [3.8, 4) is 0 Å². The Morgan fingerprint density at radius 2 is 0.773 bits per heavy atom. The molecule has 0 aromatic carbocycles. The fourth-order valence-electron chi connectivity index (χ4n) is 1.91. The second-order valence-corrected chi connectivity index (χ2v) is 5.88. The third kappa shape index (κ3) is 58.8. The van der Waals surface area contributed by atoms with E-state index >= 15 is 0 Å². The number of unbranched alkanes of at least 4 members (excludes halogenated alkanes) is 11. The molecule has 0 bridgehead atoms. The van der Waals surface area contributed by atoms with Gasteiger partial charge >= 0.3 is 40.0 Å². The zero-order valence-electron chi connectivity index (χ0n) is 14.0. The zero-order valence-corrected chi connectivity index (χ0v) is 14.8. The van der Waals surface area contributed by atoms with E-state index < -0.39 is 10.4 Å². The third-order valence-corrected chi connectivity index (χ3v) is 2.96. The standard InChI is InChI=1S/C14H30.C2H4.Na.H2O4S.H/c1-3-5-7-9-11-13-14-12-10-8-6-4-2;1-2;;1-5(2,3)4;/h3-14H2,1-2H3;1-2H2;;(H2,1,2,3,4);. The van der Waals surface area contributed by atoms with Crippen molar-refractivity contribution in [2.45, 2.75) is 90.9 Å². The summed E-state index contributed by atoms with van der Waals surface area (Å²) in [7, 11) is -4.67. The van der Waals surface area contributed by atoms with Crippen LogP contribution < -0.4 is 0 Å². The van der Waals surface area contributed by atoms with Crippen molar-refractivity contribution in [1.82, 2.24) is 0 Å². The molecule has 0 aromatic heterocycles. The number of hydrogen-bond donors (Lipinski definition) is 2. The van der Waals surface area contributed by atoms with Gasteiger partial charge in [-0.2, -0.15) is 8.42 Å². The molecule has 0 saturated heterocycles. The van der Waals surface area contributed by atoms with Gasteiger partial charge in [-0.05, 0) is 0 Å². The van der Waals surface area contributed by atoms with Gasteiger partial charge in [-0.15, -0.1) is 13.2 Å². The molecule has 0 aliphatic carbocycles. The van der Waals surface area contributed by atoms with Gasteiger partial charge in [0, 0.05) is 0 Å². The predicted octanol–water partition coefficient (Wildman–Crippen LogP) is 5.21. The van der Waals surface area contributed by atoms with Gasteiger partial charge in [0.2, 0.25) is 0 Å². The number of hydrogen-bond acceptors (Lipinski definition) is 2. The third-order valence-electron chi connectivity index (χ3n) is 2.96. The normalized spacial score (nSPS) is 9.64. The van der Waals surface area contributed by atoms with Crippen LogP contribution in [0.1, 0.15) is 90.9 Å². The van der Waals surface area contributed by atoms with Crippen LogP contribution in [0, 0.1) is 0 Å². The van der Waals surface area contributed by atoms with E-state index in [0.717, 1.165) is 0 Å². The SMILES string of the molecule is C=C.CCCCCCCCCCCCCC.O=S(=O)(O)O.[NaH]. The Bertz CT molecular complexity index is 249. The monoisotopic (exact) mass is 348 g/mol.